The van der Waals surface area contributed by atoms with Gasteiger partial charge in [-0.2, -0.15) is 5.26 Å². The van der Waals surface area contributed by atoms with Crippen LogP contribution in [0.2, 0.25) is 0 Å². The molecular formula is C9H16N2O2. The molecule has 1 N–H and O–H groups in total. The number of nitrogens with zero attached hydrogens (tertiary/aromatic N) is 2. The van der Waals surface area contributed by atoms with Gasteiger partial charge in [-0.05, 0) is 26.4 Å². The third-order valence-electron chi connectivity index (χ3n) is 1.79. The molecule has 0 aromatic heterocycles. The van der Waals surface area contributed by atoms with Gasteiger partial charge in [0.15, 0.2) is 0 Å². The molecule has 0 heterocycles. The predicted octanol–water partition coefficient (Wildman–Crippen LogP) is 1.09. The van der Waals surface area contributed by atoms with Gasteiger partial charge in [0.25, 0.3) is 0 Å². The number of carboxylic acids is 1. The normalized spacial score (nSPS) is 9.92. The topological polar surface area (TPSA) is 64.3 Å². The molecule has 0 aliphatic carbocycles. The molecule has 0 aromatic carbocycles. The first-order chi connectivity index (χ1) is 6.16. The molecule has 0 rings (SSSR count). The van der Waals surface area contributed by atoms with Crippen molar-refractivity contribution in [3.8, 4) is 6.07 Å². The zero-order valence-electron chi connectivity index (χ0n) is 7.99. The summed E-state index contributed by atoms with van der Waals surface area (Å²) in [6.07, 6.45) is 2.64. The second-order valence-corrected chi connectivity index (χ2v) is 3.06. The summed E-state index contributed by atoms with van der Waals surface area (Å²) >= 11 is 0. The third-order valence-corrected chi connectivity index (χ3v) is 1.79. The van der Waals surface area contributed by atoms with E-state index in [9.17, 15) is 4.79 Å². The lowest BCUT2D eigenvalue weighted by atomic mass is 10.2. The molecule has 0 amide bonds. The highest BCUT2D eigenvalue weighted by Gasteiger charge is 2.01. The van der Waals surface area contributed by atoms with Crippen LogP contribution in [0.1, 0.15) is 25.7 Å². The van der Waals surface area contributed by atoms with Crippen molar-refractivity contribution >= 4 is 5.97 Å². The summed E-state index contributed by atoms with van der Waals surface area (Å²) in [5, 5.41) is 16.7. The Morgan fingerprint density at radius 2 is 2.15 bits per heavy atom. The Bertz CT molecular complexity index is 187. The Kier molecular flexibility index (Phi) is 6.93. The van der Waals surface area contributed by atoms with Crippen molar-refractivity contribution in [1.82, 2.24) is 4.90 Å². The van der Waals surface area contributed by atoms with Gasteiger partial charge in [-0.25, -0.2) is 0 Å². The molecule has 0 atom stereocenters. The van der Waals surface area contributed by atoms with E-state index < -0.39 is 5.97 Å². The van der Waals surface area contributed by atoms with Crippen molar-refractivity contribution < 1.29 is 9.90 Å². The minimum Gasteiger partial charge on any atom is -0.481 e. The van der Waals surface area contributed by atoms with E-state index >= 15 is 0 Å². The van der Waals surface area contributed by atoms with Crippen LogP contribution in [-0.4, -0.2) is 36.1 Å². The van der Waals surface area contributed by atoms with E-state index in [-0.39, 0.29) is 6.42 Å². The number of rotatable bonds is 7. The molecule has 4 nitrogen and oxygen atoms in total. The molecule has 74 valence electrons. The quantitative estimate of drug-likeness (QED) is 0.601. The van der Waals surface area contributed by atoms with Crippen molar-refractivity contribution in [2.45, 2.75) is 25.7 Å². The van der Waals surface area contributed by atoms with Crippen LogP contribution in [0.5, 0.6) is 0 Å². The maximum Gasteiger partial charge on any atom is 0.304 e. The number of carboxylic acid groups (broad SMARTS) is 1. The number of aliphatic carboxylic acids is 1. The molecule has 0 aliphatic heterocycles. The number of hydrogen-bond acceptors (Lipinski definition) is 3. The summed E-state index contributed by atoms with van der Waals surface area (Å²) < 4.78 is 0. The van der Waals surface area contributed by atoms with Crippen molar-refractivity contribution in [2.24, 2.45) is 0 Å². The first-order valence-electron chi connectivity index (χ1n) is 4.44. The van der Waals surface area contributed by atoms with Gasteiger partial charge in [-0.3, -0.25) is 4.79 Å². The van der Waals surface area contributed by atoms with E-state index in [4.69, 9.17) is 10.4 Å². The summed E-state index contributed by atoms with van der Waals surface area (Å²) in [7, 11) is 1.90. The van der Waals surface area contributed by atoms with Crippen molar-refractivity contribution in [2.75, 3.05) is 20.1 Å². The fourth-order valence-corrected chi connectivity index (χ4v) is 0.984. The van der Waals surface area contributed by atoms with E-state index in [0.717, 1.165) is 19.4 Å². The standard InChI is InChI=1S/C9H16N2O2/c1-11(8-5-9(12)13)7-4-2-3-6-10/h2-5,7-8H2,1H3,(H,12,13). The minimum absolute atomic E-state index is 0.189. The van der Waals surface area contributed by atoms with Gasteiger partial charge in [-0.1, -0.05) is 0 Å². The van der Waals surface area contributed by atoms with E-state index in [0.29, 0.717) is 13.0 Å². The molecule has 0 saturated heterocycles. The molecule has 0 aromatic rings. The van der Waals surface area contributed by atoms with Crippen molar-refractivity contribution in [3.05, 3.63) is 0 Å². The summed E-state index contributed by atoms with van der Waals surface area (Å²) in [5.74, 6) is -0.760. The predicted molar refractivity (Wildman–Crippen MR) is 49.2 cm³/mol. The average Bonchev–Trinajstić information content (AvgIpc) is 2.09. The Labute approximate surface area is 78.8 Å². The Hall–Kier alpha value is -1.08. The highest BCUT2D eigenvalue weighted by Crippen LogP contribution is 1.96. The third kappa shape index (κ3) is 8.83. The average molecular weight is 184 g/mol. The zero-order chi connectivity index (χ0) is 10.1. The van der Waals surface area contributed by atoms with Gasteiger partial charge in [0.05, 0.1) is 12.5 Å². The van der Waals surface area contributed by atoms with Gasteiger partial charge in [0.1, 0.15) is 0 Å². The van der Waals surface area contributed by atoms with E-state index in [1.165, 1.54) is 0 Å². The summed E-state index contributed by atoms with van der Waals surface area (Å²) in [6.45, 7) is 1.46. The molecule has 4 heteroatoms. The van der Waals surface area contributed by atoms with Gasteiger partial charge in [-0.15, -0.1) is 0 Å². The van der Waals surface area contributed by atoms with Crippen LogP contribution in [0.25, 0.3) is 0 Å². The number of hydrogen-bond donors (Lipinski definition) is 1. The lowest BCUT2D eigenvalue weighted by molar-refractivity contribution is -0.137. The lowest BCUT2D eigenvalue weighted by Crippen LogP contribution is -2.22. The molecule has 13 heavy (non-hydrogen) atoms. The van der Waals surface area contributed by atoms with Crippen molar-refractivity contribution in [3.63, 3.8) is 0 Å². The number of unbranched alkanes of at least 4 members (excludes halogenated alkanes) is 2. The van der Waals surface area contributed by atoms with Crippen LogP contribution < -0.4 is 0 Å². The molecule has 0 aliphatic rings. The van der Waals surface area contributed by atoms with Crippen molar-refractivity contribution in [1.29, 1.82) is 5.26 Å². The van der Waals surface area contributed by atoms with Gasteiger partial charge in [0.2, 0.25) is 0 Å². The Morgan fingerprint density at radius 1 is 1.46 bits per heavy atom. The largest absolute Gasteiger partial charge is 0.481 e. The summed E-state index contributed by atoms with van der Waals surface area (Å²) in [5.41, 5.74) is 0. The Balaban J connectivity index is 3.25. The SMILES string of the molecule is CN(CCCCC#N)CCC(=O)O. The monoisotopic (exact) mass is 184 g/mol. The maximum atomic E-state index is 10.2. The summed E-state index contributed by atoms with van der Waals surface area (Å²) in [4.78, 5) is 12.2. The molecule has 0 fully saturated rings. The molecular weight excluding hydrogens is 168 g/mol. The molecule has 0 saturated carbocycles. The Morgan fingerprint density at radius 3 is 2.69 bits per heavy atom. The molecule has 0 bridgehead atoms. The van der Waals surface area contributed by atoms with Crippen LogP contribution in [0.4, 0.5) is 0 Å². The number of nitriles is 1. The van der Waals surface area contributed by atoms with E-state index in [1.54, 1.807) is 0 Å². The first-order valence-corrected chi connectivity index (χ1v) is 4.44. The molecule has 0 unspecified atom stereocenters. The second-order valence-electron chi connectivity index (χ2n) is 3.06. The lowest BCUT2D eigenvalue weighted by Gasteiger charge is -2.14. The highest BCUT2D eigenvalue weighted by atomic mass is 16.4. The van der Waals surface area contributed by atoms with Crippen LogP contribution in [0, 0.1) is 11.3 Å². The van der Waals surface area contributed by atoms with Gasteiger partial charge >= 0.3 is 5.97 Å². The van der Waals surface area contributed by atoms with Gasteiger partial charge < -0.3 is 10.0 Å². The minimum atomic E-state index is -0.760. The van der Waals surface area contributed by atoms with Gasteiger partial charge in [0, 0.05) is 13.0 Å². The van der Waals surface area contributed by atoms with Crippen LogP contribution in [-0.2, 0) is 4.79 Å². The fraction of sp³-hybridized carbons (Fsp3) is 0.778. The number of carbonyl (C=O) groups is 1. The smallest absolute Gasteiger partial charge is 0.304 e. The maximum absolute atomic E-state index is 10.2. The van der Waals surface area contributed by atoms with Crippen LogP contribution in [0.15, 0.2) is 0 Å². The van der Waals surface area contributed by atoms with E-state index in [2.05, 4.69) is 6.07 Å². The van der Waals surface area contributed by atoms with Crippen LogP contribution in [0.3, 0.4) is 0 Å². The first kappa shape index (κ1) is 11.9. The molecule has 0 radical (unpaired) electrons. The molecule has 0 spiro atoms. The summed E-state index contributed by atoms with van der Waals surface area (Å²) in [6, 6.07) is 2.08. The second kappa shape index (κ2) is 7.56. The van der Waals surface area contributed by atoms with Crippen LogP contribution >= 0.6 is 0 Å². The zero-order valence-corrected chi connectivity index (χ0v) is 7.99. The van der Waals surface area contributed by atoms with E-state index in [1.807, 2.05) is 11.9 Å². The fourth-order valence-electron chi connectivity index (χ4n) is 0.984. The highest BCUT2D eigenvalue weighted by molar-refractivity contribution is 5.66.